The van der Waals surface area contributed by atoms with Crippen LogP contribution in [0.25, 0.3) is 0 Å². The number of aliphatic hydroxyl groups excluding tert-OH is 2. The molecule has 42 heavy (non-hydrogen) atoms. The second-order valence-corrected chi connectivity index (χ2v) is 10.6. The van der Waals surface area contributed by atoms with E-state index in [1.807, 2.05) is 0 Å². The second kappa shape index (κ2) is 32.6. The zero-order valence-electron chi connectivity index (χ0n) is 26.7. The number of hydrogen-bond donors (Lipinski definition) is 2. The minimum absolute atomic E-state index is 0.0439. The molecular formula is C32H62O10. The lowest BCUT2D eigenvalue weighted by molar-refractivity contribution is -0.168. The van der Waals surface area contributed by atoms with Crippen molar-refractivity contribution >= 4 is 11.9 Å². The Balaban J connectivity index is 4.23. The predicted octanol–water partition coefficient (Wildman–Crippen LogP) is 5.14. The van der Waals surface area contributed by atoms with Crippen LogP contribution in [0.15, 0.2) is 0 Å². The number of rotatable bonds is 33. The first-order valence-corrected chi connectivity index (χ1v) is 16.5. The minimum atomic E-state index is -0.780. The van der Waals surface area contributed by atoms with E-state index >= 15 is 0 Å². The van der Waals surface area contributed by atoms with E-state index in [1.54, 1.807) is 0 Å². The van der Waals surface area contributed by atoms with Gasteiger partial charge < -0.3 is 38.6 Å². The van der Waals surface area contributed by atoms with Crippen LogP contribution in [0.1, 0.15) is 117 Å². The van der Waals surface area contributed by atoms with Crippen LogP contribution in [0, 0.1) is 0 Å². The molecule has 0 amide bonds. The van der Waals surface area contributed by atoms with Gasteiger partial charge in [0, 0.05) is 12.8 Å². The lowest BCUT2D eigenvalue weighted by atomic mass is 10.1. The fourth-order valence-electron chi connectivity index (χ4n) is 4.31. The number of unbranched alkanes of at least 4 members (excludes halogenated alkanes) is 12. The van der Waals surface area contributed by atoms with Crippen molar-refractivity contribution in [2.45, 2.75) is 129 Å². The second-order valence-electron chi connectivity index (χ2n) is 10.6. The van der Waals surface area contributed by atoms with Gasteiger partial charge in [-0.25, -0.2) is 0 Å². The molecule has 0 aromatic carbocycles. The number of ether oxygens (including phenoxy) is 6. The first kappa shape index (κ1) is 40.7. The highest BCUT2D eigenvalue weighted by molar-refractivity contribution is 5.69. The van der Waals surface area contributed by atoms with Crippen molar-refractivity contribution in [3.05, 3.63) is 0 Å². The number of esters is 2. The molecule has 2 N–H and O–H groups in total. The highest BCUT2D eigenvalue weighted by Gasteiger charge is 2.26. The molecule has 10 heteroatoms. The Labute approximate surface area is 255 Å². The van der Waals surface area contributed by atoms with Crippen molar-refractivity contribution in [1.29, 1.82) is 0 Å². The van der Waals surface area contributed by atoms with Gasteiger partial charge in [0.05, 0.1) is 59.5 Å². The molecule has 0 saturated carbocycles. The third-order valence-electron chi connectivity index (χ3n) is 6.79. The van der Waals surface area contributed by atoms with E-state index in [0.29, 0.717) is 12.8 Å². The molecule has 0 radical (unpaired) electrons. The quantitative estimate of drug-likeness (QED) is 0.0765. The molecule has 0 aliphatic carbocycles. The average molecular weight is 607 g/mol. The zero-order chi connectivity index (χ0) is 30.9. The molecule has 0 aromatic rings. The summed E-state index contributed by atoms with van der Waals surface area (Å²) in [5.74, 6) is -0.535. The van der Waals surface area contributed by atoms with E-state index in [-0.39, 0.29) is 78.0 Å². The molecule has 0 bridgehead atoms. The Morgan fingerprint density at radius 3 is 1.64 bits per heavy atom. The highest BCUT2D eigenvalue weighted by Crippen LogP contribution is 2.12. The molecule has 0 aliphatic rings. The van der Waals surface area contributed by atoms with Crippen molar-refractivity contribution < 1.29 is 48.2 Å². The van der Waals surface area contributed by atoms with Gasteiger partial charge in [0.1, 0.15) is 12.7 Å². The SMILES string of the molecule is CCCCCCCCCC(=O)OCCOCCOCC(OC(=O)CCCCCCCCC)C(CO)OCCOCCO. The van der Waals surface area contributed by atoms with E-state index < -0.39 is 12.2 Å². The monoisotopic (exact) mass is 606 g/mol. The number of hydrogen-bond acceptors (Lipinski definition) is 10. The summed E-state index contributed by atoms with van der Waals surface area (Å²) < 4.78 is 32.9. The van der Waals surface area contributed by atoms with Gasteiger partial charge in [-0.1, -0.05) is 90.9 Å². The fraction of sp³-hybridized carbons (Fsp3) is 0.938. The molecule has 0 saturated heterocycles. The lowest BCUT2D eigenvalue weighted by Crippen LogP contribution is -2.40. The van der Waals surface area contributed by atoms with E-state index in [9.17, 15) is 14.7 Å². The van der Waals surface area contributed by atoms with Crippen molar-refractivity contribution in [3.63, 3.8) is 0 Å². The van der Waals surface area contributed by atoms with Crippen LogP contribution >= 0.6 is 0 Å². The van der Waals surface area contributed by atoms with Gasteiger partial charge in [0.15, 0.2) is 6.10 Å². The van der Waals surface area contributed by atoms with Crippen LogP contribution in [0.3, 0.4) is 0 Å². The Hall–Kier alpha value is -1.30. The number of carbonyl (C=O) groups excluding carboxylic acids is 2. The zero-order valence-corrected chi connectivity index (χ0v) is 26.7. The molecule has 250 valence electrons. The third kappa shape index (κ3) is 27.5. The first-order chi connectivity index (χ1) is 20.6. The maximum Gasteiger partial charge on any atom is 0.306 e. The van der Waals surface area contributed by atoms with Crippen LogP contribution < -0.4 is 0 Å². The van der Waals surface area contributed by atoms with Crippen molar-refractivity contribution in [2.24, 2.45) is 0 Å². The topological polar surface area (TPSA) is 130 Å². The molecule has 2 unspecified atom stereocenters. The van der Waals surface area contributed by atoms with Crippen molar-refractivity contribution in [2.75, 3.05) is 66.1 Å². The summed E-state index contributed by atoms with van der Waals surface area (Å²) in [6.45, 7) is 5.63. The fourth-order valence-corrected chi connectivity index (χ4v) is 4.31. The van der Waals surface area contributed by atoms with E-state index in [1.165, 1.54) is 57.8 Å². The van der Waals surface area contributed by atoms with Crippen molar-refractivity contribution in [1.82, 2.24) is 0 Å². The van der Waals surface area contributed by atoms with Crippen molar-refractivity contribution in [3.8, 4) is 0 Å². The summed E-state index contributed by atoms with van der Waals surface area (Å²) in [5, 5.41) is 18.7. The predicted molar refractivity (Wildman–Crippen MR) is 162 cm³/mol. The summed E-state index contributed by atoms with van der Waals surface area (Å²) in [6, 6.07) is 0. The normalized spacial score (nSPS) is 12.8. The molecule has 0 aromatic heterocycles. The summed E-state index contributed by atoms with van der Waals surface area (Å²) >= 11 is 0. The van der Waals surface area contributed by atoms with Gasteiger partial charge in [0.25, 0.3) is 0 Å². The van der Waals surface area contributed by atoms with Gasteiger partial charge >= 0.3 is 11.9 Å². The van der Waals surface area contributed by atoms with Crippen LogP contribution in [-0.4, -0.2) is 100 Å². The smallest absolute Gasteiger partial charge is 0.306 e. The maximum atomic E-state index is 12.5. The maximum absolute atomic E-state index is 12.5. The van der Waals surface area contributed by atoms with E-state index in [2.05, 4.69) is 13.8 Å². The third-order valence-corrected chi connectivity index (χ3v) is 6.79. The van der Waals surface area contributed by atoms with Gasteiger partial charge in [-0.2, -0.15) is 0 Å². The summed E-state index contributed by atoms with van der Waals surface area (Å²) in [6.07, 6.45) is 15.0. The Morgan fingerprint density at radius 2 is 1.05 bits per heavy atom. The molecule has 0 fully saturated rings. The van der Waals surface area contributed by atoms with Gasteiger partial charge in [0.2, 0.25) is 0 Å². The molecule has 0 spiro atoms. The molecule has 0 rings (SSSR count). The van der Waals surface area contributed by atoms with Crippen LogP contribution in [0.4, 0.5) is 0 Å². The van der Waals surface area contributed by atoms with Gasteiger partial charge in [-0.15, -0.1) is 0 Å². The lowest BCUT2D eigenvalue weighted by Gasteiger charge is -2.26. The summed E-state index contributed by atoms with van der Waals surface area (Å²) in [4.78, 5) is 24.3. The van der Waals surface area contributed by atoms with Gasteiger partial charge in [-0.3, -0.25) is 9.59 Å². The van der Waals surface area contributed by atoms with E-state index in [0.717, 1.165) is 32.1 Å². The first-order valence-electron chi connectivity index (χ1n) is 16.5. The molecule has 0 heterocycles. The molecule has 0 aliphatic heterocycles. The van der Waals surface area contributed by atoms with E-state index in [4.69, 9.17) is 33.5 Å². The molecule has 2 atom stereocenters. The average Bonchev–Trinajstić information content (AvgIpc) is 2.99. The Bertz CT molecular complexity index is 590. The van der Waals surface area contributed by atoms with Gasteiger partial charge in [-0.05, 0) is 12.8 Å². The van der Waals surface area contributed by atoms with Crippen LogP contribution in [0.5, 0.6) is 0 Å². The molecular weight excluding hydrogens is 544 g/mol. The standard InChI is InChI=1S/C32H62O10/c1-3-5-7-9-11-13-15-17-31(35)41-26-24-38-21-22-39-28-30(29(27-34)40-25-23-37-20-19-33)42-32(36)18-16-14-12-10-8-6-4-2/h29-30,33-34H,3-28H2,1-2H3. The Kier molecular flexibility index (Phi) is 31.6. The summed E-state index contributed by atoms with van der Waals surface area (Å²) in [5.41, 5.74) is 0. The summed E-state index contributed by atoms with van der Waals surface area (Å²) in [7, 11) is 0. The van der Waals surface area contributed by atoms with Crippen LogP contribution in [-0.2, 0) is 38.0 Å². The number of aliphatic hydroxyl groups is 2. The largest absolute Gasteiger partial charge is 0.463 e. The van der Waals surface area contributed by atoms with Crippen LogP contribution in [0.2, 0.25) is 0 Å². The highest BCUT2D eigenvalue weighted by atomic mass is 16.6. The Morgan fingerprint density at radius 1 is 0.548 bits per heavy atom. The number of carbonyl (C=O) groups is 2. The minimum Gasteiger partial charge on any atom is -0.463 e. The molecule has 10 nitrogen and oxygen atoms in total.